The molecule has 0 aromatic heterocycles. The third-order valence-corrected chi connectivity index (χ3v) is 8.25. The van der Waals surface area contributed by atoms with Gasteiger partial charge in [-0.25, -0.2) is 5.43 Å². The van der Waals surface area contributed by atoms with Crippen LogP contribution in [0.15, 0.2) is 16.8 Å². The number of aliphatic hydroxyl groups excluding tert-OH is 1. The first-order valence-corrected chi connectivity index (χ1v) is 9.90. The minimum Gasteiger partial charge on any atom is -0.393 e. The van der Waals surface area contributed by atoms with Crippen molar-refractivity contribution >= 4 is 11.7 Å². The molecule has 3 fully saturated rings. The number of nitrogens with zero attached hydrogens (tertiary/aromatic N) is 1. The summed E-state index contributed by atoms with van der Waals surface area (Å²) in [7, 11) is 0. The van der Waals surface area contributed by atoms with Crippen molar-refractivity contribution < 1.29 is 5.11 Å². The fraction of sp³-hybridized carbons (Fsp3) is 0.800. The quantitative estimate of drug-likeness (QED) is 0.334. The third kappa shape index (κ3) is 2.54. The molecular formula is C20H32N4O. The normalized spacial score (nSPS) is 47.5. The van der Waals surface area contributed by atoms with Gasteiger partial charge in [0.05, 0.1) is 11.8 Å². The number of hydrogen-bond acceptors (Lipinski definition) is 3. The molecule has 0 bridgehead atoms. The average molecular weight is 345 g/mol. The molecule has 0 aliphatic heterocycles. The van der Waals surface area contributed by atoms with Gasteiger partial charge in [0.15, 0.2) is 0 Å². The van der Waals surface area contributed by atoms with E-state index >= 15 is 0 Å². The minimum absolute atomic E-state index is 0.0917. The van der Waals surface area contributed by atoms with Gasteiger partial charge in [-0.1, -0.05) is 19.4 Å². The molecule has 5 N–H and O–H groups in total. The lowest BCUT2D eigenvalue weighted by Gasteiger charge is -2.57. The van der Waals surface area contributed by atoms with E-state index in [1.54, 1.807) is 5.57 Å². The predicted octanol–water partition coefficient (Wildman–Crippen LogP) is 3.15. The van der Waals surface area contributed by atoms with Crippen LogP contribution in [-0.2, 0) is 0 Å². The van der Waals surface area contributed by atoms with Crippen LogP contribution in [0.1, 0.15) is 65.2 Å². The van der Waals surface area contributed by atoms with Gasteiger partial charge in [0, 0.05) is 0 Å². The standard InChI is InChI=1S/C20H32N4O/c1-19-9-7-13(23-24-18(21)22)11-12(19)3-4-14-15-5-6-17(25)20(15,2)10-8-16(14)19/h11,14-17,25H,3-10H2,1-2H3,(H4,21,22,24)/b23-13+/t14-,15-,16-,17-,19-,20-/m0/s1. The van der Waals surface area contributed by atoms with Crippen molar-refractivity contribution in [1.29, 1.82) is 5.41 Å². The van der Waals surface area contributed by atoms with Crippen molar-refractivity contribution in [2.45, 2.75) is 71.3 Å². The van der Waals surface area contributed by atoms with Gasteiger partial charge in [-0.2, -0.15) is 5.10 Å². The number of hydrazone groups is 1. The topological polar surface area (TPSA) is 94.5 Å². The van der Waals surface area contributed by atoms with E-state index in [4.69, 9.17) is 11.1 Å². The zero-order chi connectivity index (χ0) is 17.8. The molecule has 4 aliphatic rings. The Morgan fingerprint density at radius 2 is 2.00 bits per heavy atom. The lowest BCUT2D eigenvalue weighted by Crippen LogP contribution is -2.51. The van der Waals surface area contributed by atoms with Crippen LogP contribution in [0, 0.1) is 34.0 Å². The van der Waals surface area contributed by atoms with Crippen LogP contribution in [0.4, 0.5) is 0 Å². The number of aliphatic hydroxyl groups is 1. The van der Waals surface area contributed by atoms with Crippen molar-refractivity contribution in [3.05, 3.63) is 11.6 Å². The lowest BCUT2D eigenvalue weighted by atomic mass is 9.47. The fourth-order valence-electron chi connectivity index (χ4n) is 6.76. The van der Waals surface area contributed by atoms with Crippen molar-refractivity contribution in [2.75, 3.05) is 0 Å². The zero-order valence-corrected chi connectivity index (χ0v) is 15.5. The Balaban J connectivity index is 1.60. The second-order valence-corrected chi connectivity index (χ2v) is 9.27. The molecule has 0 saturated heterocycles. The lowest BCUT2D eigenvalue weighted by molar-refractivity contribution is -0.0721. The minimum atomic E-state index is -0.102. The second kappa shape index (κ2) is 5.83. The van der Waals surface area contributed by atoms with Crippen molar-refractivity contribution in [1.82, 2.24) is 5.43 Å². The molecule has 5 nitrogen and oxygen atoms in total. The molecule has 4 rings (SSSR count). The second-order valence-electron chi connectivity index (χ2n) is 9.27. The molecule has 0 aromatic carbocycles. The first kappa shape index (κ1) is 17.1. The summed E-state index contributed by atoms with van der Waals surface area (Å²) in [5.74, 6) is 2.12. The molecule has 0 radical (unpaired) electrons. The van der Waals surface area contributed by atoms with Crippen LogP contribution >= 0.6 is 0 Å². The van der Waals surface area contributed by atoms with Crippen LogP contribution in [0.2, 0.25) is 0 Å². The van der Waals surface area contributed by atoms with E-state index in [9.17, 15) is 5.11 Å². The molecule has 6 atom stereocenters. The number of nitrogens with two attached hydrogens (primary N) is 1. The predicted molar refractivity (Wildman–Crippen MR) is 100 cm³/mol. The Morgan fingerprint density at radius 1 is 1.20 bits per heavy atom. The van der Waals surface area contributed by atoms with E-state index in [1.165, 1.54) is 25.7 Å². The van der Waals surface area contributed by atoms with Crippen LogP contribution in [0.25, 0.3) is 0 Å². The summed E-state index contributed by atoms with van der Waals surface area (Å²) in [6.07, 6.45) is 11.3. The zero-order valence-electron chi connectivity index (χ0n) is 15.5. The average Bonchev–Trinajstić information content (AvgIpc) is 2.88. The van der Waals surface area contributed by atoms with E-state index in [-0.39, 0.29) is 22.9 Å². The van der Waals surface area contributed by atoms with Crippen LogP contribution in [0.3, 0.4) is 0 Å². The van der Waals surface area contributed by atoms with Gasteiger partial charge in [0.25, 0.3) is 0 Å². The molecule has 4 aliphatic carbocycles. The van der Waals surface area contributed by atoms with E-state index in [2.05, 4.69) is 30.5 Å². The highest BCUT2D eigenvalue weighted by atomic mass is 16.3. The molecule has 138 valence electrons. The summed E-state index contributed by atoms with van der Waals surface area (Å²) in [6, 6.07) is 0. The Morgan fingerprint density at radius 3 is 2.76 bits per heavy atom. The van der Waals surface area contributed by atoms with Gasteiger partial charge in [-0.05, 0) is 86.0 Å². The first-order valence-electron chi connectivity index (χ1n) is 9.90. The van der Waals surface area contributed by atoms with Gasteiger partial charge in [-0.3, -0.25) is 5.41 Å². The Bertz CT molecular complexity index is 642. The highest BCUT2D eigenvalue weighted by Crippen LogP contribution is 2.65. The third-order valence-electron chi connectivity index (χ3n) is 8.25. The van der Waals surface area contributed by atoms with Crippen molar-refractivity contribution in [3.63, 3.8) is 0 Å². The van der Waals surface area contributed by atoms with Gasteiger partial charge in [-0.15, -0.1) is 0 Å². The number of nitrogens with one attached hydrogen (secondary N) is 2. The molecule has 0 amide bonds. The largest absolute Gasteiger partial charge is 0.393 e. The summed E-state index contributed by atoms with van der Waals surface area (Å²) in [5.41, 5.74) is 11.0. The number of allylic oxidation sites excluding steroid dienone is 2. The summed E-state index contributed by atoms with van der Waals surface area (Å²) >= 11 is 0. The number of guanidine groups is 1. The maximum atomic E-state index is 10.5. The van der Waals surface area contributed by atoms with E-state index < -0.39 is 0 Å². The van der Waals surface area contributed by atoms with Gasteiger partial charge < -0.3 is 10.8 Å². The Labute approximate surface area is 150 Å². The highest BCUT2D eigenvalue weighted by molar-refractivity contribution is 5.97. The Hall–Kier alpha value is -1.36. The van der Waals surface area contributed by atoms with E-state index in [0.29, 0.717) is 5.92 Å². The molecule has 0 unspecified atom stereocenters. The Kier molecular flexibility index (Phi) is 3.98. The molecule has 0 heterocycles. The van der Waals surface area contributed by atoms with Crippen LogP contribution < -0.4 is 11.2 Å². The maximum absolute atomic E-state index is 10.5. The summed E-state index contributed by atoms with van der Waals surface area (Å²) in [5, 5.41) is 22.1. The fourth-order valence-corrected chi connectivity index (χ4v) is 6.76. The highest BCUT2D eigenvalue weighted by Gasteiger charge is 2.58. The first-order chi connectivity index (χ1) is 11.8. The summed E-state index contributed by atoms with van der Waals surface area (Å²) < 4.78 is 0. The SMILES string of the molecule is C[C@]12CC[C@H]3[C@@H](CCC4=C/C(=N/NC(=N)N)CC[C@@]43C)[C@@H]1CC[C@@H]2O. The van der Waals surface area contributed by atoms with E-state index in [0.717, 1.165) is 43.2 Å². The molecule has 25 heavy (non-hydrogen) atoms. The van der Waals surface area contributed by atoms with Gasteiger partial charge >= 0.3 is 0 Å². The molecular weight excluding hydrogens is 312 g/mol. The maximum Gasteiger partial charge on any atom is 0.206 e. The molecule has 5 heteroatoms. The summed E-state index contributed by atoms with van der Waals surface area (Å²) in [4.78, 5) is 0. The van der Waals surface area contributed by atoms with Gasteiger partial charge in [0.1, 0.15) is 0 Å². The van der Waals surface area contributed by atoms with Crippen molar-refractivity contribution in [2.24, 2.45) is 39.4 Å². The number of hydrogen-bond donors (Lipinski definition) is 4. The number of rotatable bonds is 1. The molecule has 0 spiro atoms. The van der Waals surface area contributed by atoms with Crippen LogP contribution in [0.5, 0.6) is 0 Å². The van der Waals surface area contributed by atoms with Crippen LogP contribution in [-0.4, -0.2) is 22.9 Å². The van der Waals surface area contributed by atoms with Gasteiger partial charge in [0.2, 0.25) is 5.96 Å². The molecule has 0 aromatic rings. The molecule has 3 saturated carbocycles. The number of fused-ring (bicyclic) bond motifs is 5. The smallest absolute Gasteiger partial charge is 0.206 e. The van der Waals surface area contributed by atoms with Crippen molar-refractivity contribution in [3.8, 4) is 0 Å². The monoisotopic (exact) mass is 344 g/mol. The summed E-state index contributed by atoms with van der Waals surface area (Å²) in [6.45, 7) is 4.82. The van der Waals surface area contributed by atoms with E-state index in [1.807, 2.05) is 0 Å².